The summed E-state index contributed by atoms with van der Waals surface area (Å²) in [5.74, 6) is -1.92. The first kappa shape index (κ1) is 24.2. The maximum Gasteiger partial charge on any atom is 0.301 e. The molecule has 0 saturated carbocycles. The van der Waals surface area contributed by atoms with Gasteiger partial charge in [-0.25, -0.2) is 4.39 Å². The molecule has 1 aliphatic rings. The van der Waals surface area contributed by atoms with Crippen LogP contribution in [0.15, 0.2) is 88.8 Å². The molecule has 1 aliphatic heterocycles. The molecule has 4 aromatic rings. The van der Waals surface area contributed by atoms with E-state index in [1.165, 1.54) is 22.7 Å². The van der Waals surface area contributed by atoms with Crippen LogP contribution in [0.25, 0.3) is 5.76 Å². The fourth-order valence-corrected chi connectivity index (χ4v) is 5.83. The summed E-state index contributed by atoms with van der Waals surface area (Å²) in [7, 11) is 0. The van der Waals surface area contributed by atoms with Crippen molar-refractivity contribution < 1.29 is 19.1 Å². The summed E-state index contributed by atoms with van der Waals surface area (Å²) >= 11 is 8.45. The number of amides is 1. The summed E-state index contributed by atoms with van der Waals surface area (Å²) in [4.78, 5) is 27.6. The molecule has 3 aromatic carbocycles. The summed E-state index contributed by atoms with van der Waals surface area (Å²) < 4.78 is 14.5. The van der Waals surface area contributed by atoms with Crippen LogP contribution in [-0.4, -0.2) is 27.0 Å². The standard InChI is InChI=1S/C26H17ClFN3O3S2/c27-18-12-10-15(11-13-18)21-20(22(32)16-6-2-1-3-7-16)23(33)24(34)31(21)25-29-30-26(36-25)35-14-17-8-4-5-9-19(17)28/h1-13,21,32H,14H2/b22-20-. The van der Waals surface area contributed by atoms with Gasteiger partial charge in [-0.1, -0.05) is 95.4 Å². The van der Waals surface area contributed by atoms with E-state index in [1.807, 2.05) is 0 Å². The molecule has 1 fully saturated rings. The first-order valence-corrected chi connectivity index (χ1v) is 12.9. The minimum Gasteiger partial charge on any atom is -0.507 e. The molecule has 1 unspecified atom stereocenters. The Labute approximate surface area is 219 Å². The van der Waals surface area contributed by atoms with Crippen LogP contribution in [0.2, 0.25) is 5.02 Å². The number of hydrogen-bond acceptors (Lipinski definition) is 7. The number of nitrogens with zero attached hydrogens (tertiary/aromatic N) is 3. The fraction of sp³-hybridized carbons (Fsp3) is 0.0769. The van der Waals surface area contributed by atoms with Crippen molar-refractivity contribution in [3.8, 4) is 0 Å². The minimum absolute atomic E-state index is 0.0516. The van der Waals surface area contributed by atoms with E-state index in [2.05, 4.69) is 10.2 Å². The Morgan fingerprint density at radius 2 is 1.69 bits per heavy atom. The number of carbonyl (C=O) groups is 2. The predicted octanol–water partition coefficient (Wildman–Crippen LogP) is 6.25. The number of Topliss-reactive ketones (excluding diaryl/α,β-unsaturated/α-hetero) is 1. The number of carbonyl (C=O) groups excluding carboxylic acids is 2. The van der Waals surface area contributed by atoms with E-state index >= 15 is 0 Å². The van der Waals surface area contributed by atoms with Gasteiger partial charge < -0.3 is 5.11 Å². The van der Waals surface area contributed by atoms with Gasteiger partial charge in [-0.3, -0.25) is 14.5 Å². The van der Waals surface area contributed by atoms with Crippen LogP contribution in [0.3, 0.4) is 0 Å². The van der Waals surface area contributed by atoms with E-state index < -0.39 is 17.7 Å². The van der Waals surface area contributed by atoms with Crippen LogP contribution in [0.5, 0.6) is 0 Å². The second-order valence-electron chi connectivity index (χ2n) is 7.82. The largest absolute Gasteiger partial charge is 0.507 e. The second-order valence-corrected chi connectivity index (χ2v) is 10.4. The number of hydrogen-bond donors (Lipinski definition) is 1. The highest BCUT2D eigenvalue weighted by molar-refractivity contribution is 8.00. The predicted molar refractivity (Wildman–Crippen MR) is 139 cm³/mol. The van der Waals surface area contributed by atoms with Gasteiger partial charge in [0.05, 0.1) is 11.6 Å². The average molecular weight is 538 g/mol. The summed E-state index contributed by atoms with van der Waals surface area (Å²) in [6.07, 6.45) is 0. The zero-order valence-electron chi connectivity index (χ0n) is 18.5. The van der Waals surface area contributed by atoms with Crippen molar-refractivity contribution >= 4 is 57.3 Å². The topological polar surface area (TPSA) is 83.4 Å². The van der Waals surface area contributed by atoms with Crippen LogP contribution in [0, 0.1) is 5.82 Å². The molecule has 180 valence electrons. The summed E-state index contributed by atoms with van der Waals surface area (Å²) in [6, 6.07) is 20.8. The van der Waals surface area contributed by atoms with Crippen LogP contribution in [0.4, 0.5) is 9.52 Å². The number of aliphatic hydroxyl groups is 1. The van der Waals surface area contributed by atoms with Crippen molar-refractivity contribution in [2.45, 2.75) is 16.1 Å². The monoisotopic (exact) mass is 537 g/mol. The van der Waals surface area contributed by atoms with Gasteiger partial charge >= 0.3 is 5.91 Å². The molecule has 1 saturated heterocycles. The van der Waals surface area contributed by atoms with Gasteiger partial charge in [-0.2, -0.15) is 0 Å². The summed E-state index contributed by atoms with van der Waals surface area (Å²) in [5.41, 5.74) is 1.45. The number of halogens is 2. The lowest BCUT2D eigenvalue weighted by Crippen LogP contribution is -2.29. The first-order chi connectivity index (χ1) is 17.4. The van der Waals surface area contributed by atoms with Gasteiger partial charge in [0.25, 0.3) is 5.78 Å². The molecule has 36 heavy (non-hydrogen) atoms. The quantitative estimate of drug-likeness (QED) is 0.103. The number of ketones is 1. The number of benzene rings is 3. The molecule has 1 atom stereocenters. The van der Waals surface area contributed by atoms with Gasteiger partial charge in [-0.15, -0.1) is 10.2 Å². The van der Waals surface area contributed by atoms with E-state index in [-0.39, 0.29) is 22.3 Å². The van der Waals surface area contributed by atoms with Crippen LogP contribution < -0.4 is 4.90 Å². The number of anilines is 1. The third-order valence-electron chi connectivity index (χ3n) is 5.59. The fourth-order valence-electron chi connectivity index (χ4n) is 3.85. The van der Waals surface area contributed by atoms with Crippen LogP contribution in [0.1, 0.15) is 22.7 Å². The Bertz CT molecular complexity index is 1480. The molecule has 0 radical (unpaired) electrons. The van der Waals surface area contributed by atoms with Gasteiger partial charge in [0.15, 0.2) is 4.34 Å². The lowest BCUT2D eigenvalue weighted by atomic mass is 9.95. The van der Waals surface area contributed by atoms with Gasteiger partial charge in [-0.05, 0) is 29.3 Å². The molecule has 1 aromatic heterocycles. The normalized spacial score (nSPS) is 17.1. The third kappa shape index (κ3) is 4.65. The van der Waals surface area contributed by atoms with E-state index in [0.29, 0.717) is 31.8 Å². The SMILES string of the molecule is O=C1C(=O)N(c2nnc(SCc3ccccc3F)s2)C(c2ccc(Cl)cc2)/C1=C(/O)c1ccccc1. The highest BCUT2D eigenvalue weighted by Crippen LogP contribution is 2.44. The van der Waals surface area contributed by atoms with E-state index in [9.17, 15) is 19.1 Å². The molecular weight excluding hydrogens is 521 g/mol. The molecular formula is C26H17ClFN3O3S2. The van der Waals surface area contributed by atoms with Gasteiger partial charge in [0.1, 0.15) is 11.6 Å². The first-order valence-electron chi connectivity index (χ1n) is 10.8. The van der Waals surface area contributed by atoms with Crippen molar-refractivity contribution in [2.24, 2.45) is 0 Å². The lowest BCUT2D eigenvalue weighted by molar-refractivity contribution is -0.132. The Hall–Kier alpha value is -3.53. The Morgan fingerprint density at radius 3 is 2.42 bits per heavy atom. The molecule has 6 nitrogen and oxygen atoms in total. The highest BCUT2D eigenvalue weighted by atomic mass is 35.5. The van der Waals surface area contributed by atoms with Crippen molar-refractivity contribution in [3.05, 3.63) is 112 Å². The minimum atomic E-state index is -0.931. The summed E-state index contributed by atoms with van der Waals surface area (Å²) in [5, 5.41) is 20.1. The van der Waals surface area contributed by atoms with Crippen molar-refractivity contribution in [3.63, 3.8) is 0 Å². The van der Waals surface area contributed by atoms with Crippen LogP contribution in [-0.2, 0) is 15.3 Å². The van der Waals surface area contributed by atoms with E-state index in [4.69, 9.17) is 11.6 Å². The van der Waals surface area contributed by atoms with E-state index in [0.717, 1.165) is 11.3 Å². The molecule has 0 aliphatic carbocycles. The molecule has 0 bridgehead atoms. The zero-order valence-corrected chi connectivity index (χ0v) is 20.9. The number of rotatable bonds is 6. The maximum atomic E-state index is 14.0. The van der Waals surface area contributed by atoms with Gasteiger partial charge in [0.2, 0.25) is 5.13 Å². The Kier molecular flexibility index (Phi) is 6.86. The molecule has 1 N–H and O–H groups in total. The second kappa shape index (κ2) is 10.2. The zero-order chi connectivity index (χ0) is 25.2. The van der Waals surface area contributed by atoms with E-state index in [1.54, 1.807) is 72.8 Å². The third-order valence-corrected chi connectivity index (χ3v) is 7.94. The van der Waals surface area contributed by atoms with Crippen molar-refractivity contribution in [1.82, 2.24) is 10.2 Å². The number of aliphatic hydroxyl groups excluding tert-OH is 1. The van der Waals surface area contributed by atoms with Gasteiger partial charge in [0, 0.05) is 16.3 Å². The van der Waals surface area contributed by atoms with Crippen LogP contribution >= 0.6 is 34.7 Å². The van der Waals surface area contributed by atoms with Crippen molar-refractivity contribution in [2.75, 3.05) is 4.90 Å². The molecule has 2 heterocycles. The number of thioether (sulfide) groups is 1. The summed E-state index contributed by atoms with van der Waals surface area (Å²) in [6.45, 7) is 0. The van der Waals surface area contributed by atoms with Crippen molar-refractivity contribution in [1.29, 1.82) is 0 Å². The number of aromatic nitrogens is 2. The molecule has 0 spiro atoms. The molecule has 10 heteroatoms. The highest BCUT2D eigenvalue weighted by Gasteiger charge is 2.48. The average Bonchev–Trinajstić information content (AvgIpc) is 3.46. The Balaban J connectivity index is 1.54. The lowest BCUT2D eigenvalue weighted by Gasteiger charge is -2.22. The molecule has 1 amide bonds. The molecule has 5 rings (SSSR count). The smallest absolute Gasteiger partial charge is 0.301 e. The Morgan fingerprint density at radius 1 is 1.00 bits per heavy atom. The maximum absolute atomic E-state index is 14.0.